The Balaban J connectivity index is 1.65. The summed E-state index contributed by atoms with van der Waals surface area (Å²) < 4.78 is 6.43. The fraction of sp³-hybridized carbons (Fsp3) is 0.571. The number of carbonyl (C=O) groups is 1. The number of rotatable bonds is 2. The van der Waals surface area contributed by atoms with Crippen LogP contribution in [0.15, 0.2) is 22.9 Å². The summed E-state index contributed by atoms with van der Waals surface area (Å²) in [5, 5.41) is 0. The number of pyridine rings is 1. The third-order valence-corrected chi connectivity index (χ3v) is 4.70. The molecule has 0 N–H and O–H groups in total. The molecule has 3 atom stereocenters. The van der Waals surface area contributed by atoms with Gasteiger partial charge in [-0.1, -0.05) is 0 Å². The molecular formula is C14H17BrN2O2. The van der Waals surface area contributed by atoms with Crippen molar-refractivity contribution < 1.29 is 9.53 Å². The van der Waals surface area contributed by atoms with Gasteiger partial charge in [0.15, 0.2) is 0 Å². The highest BCUT2D eigenvalue weighted by Gasteiger charge is 2.39. The van der Waals surface area contributed by atoms with Gasteiger partial charge in [0.25, 0.3) is 0 Å². The molecule has 4 nitrogen and oxygen atoms in total. The summed E-state index contributed by atoms with van der Waals surface area (Å²) >= 11 is 3.32. The van der Waals surface area contributed by atoms with Gasteiger partial charge in [0.05, 0.1) is 5.56 Å². The van der Waals surface area contributed by atoms with Gasteiger partial charge in [0, 0.05) is 41.8 Å². The first-order valence-corrected chi connectivity index (χ1v) is 7.46. The molecule has 1 unspecified atom stereocenters. The monoisotopic (exact) mass is 324 g/mol. The summed E-state index contributed by atoms with van der Waals surface area (Å²) in [6.45, 7) is 0. The van der Waals surface area contributed by atoms with Crippen LogP contribution in [0.4, 0.5) is 0 Å². The zero-order chi connectivity index (χ0) is 13.4. The van der Waals surface area contributed by atoms with Crippen molar-refractivity contribution in [3.8, 4) is 0 Å². The second kappa shape index (κ2) is 5.21. The summed E-state index contributed by atoms with van der Waals surface area (Å²) in [7, 11) is 2.18. The lowest BCUT2D eigenvalue weighted by Crippen LogP contribution is -2.43. The maximum absolute atomic E-state index is 12.1. The van der Waals surface area contributed by atoms with Gasteiger partial charge in [-0.25, -0.2) is 4.79 Å². The van der Waals surface area contributed by atoms with E-state index in [1.807, 2.05) is 0 Å². The van der Waals surface area contributed by atoms with Crippen molar-refractivity contribution in [2.24, 2.45) is 0 Å². The fourth-order valence-corrected chi connectivity index (χ4v) is 3.57. The molecule has 0 spiro atoms. The van der Waals surface area contributed by atoms with Crippen LogP contribution in [0, 0.1) is 0 Å². The molecule has 0 amide bonds. The molecule has 0 radical (unpaired) electrons. The SMILES string of the molecule is CN1[C@@H]2CC[C@H]1CC(OC(=O)c1cncc(Br)c1)C2. The lowest BCUT2D eigenvalue weighted by Gasteiger charge is -2.35. The molecular weight excluding hydrogens is 308 g/mol. The van der Waals surface area contributed by atoms with Crippen LogP contribution >= 0.6 is 15.9 Å². The van der Waals surface area contributed by atoms with Crippen LogP contribution in [0.2, 0.25) is 0 Å². The molecule has 19 heavy (non-hydrogen) atoms. The number of carbonyl (C=O) groups excluding carboxylic acids is 1. The number of halogens is 1. The Morgan fingerprint density at radius 3 is 2.68 bits per heavy atom. The molecule has 2 bridgehead atoms. The van der Waals surface area contributed by atoms with E-state index in [4.69, 9.17) is 4.74 Å². The predicted octanol–water partition coefficient (Wildman–Crippen LogP) is 2.63. The van der Waals surface area contributed by atoms with Gasteiger partial charge in [0.2, 0.25) is 0 Å². The number of piperidine rings is 1. The molecule has 2 aliphatic heterocycles. The highest BCUT2D eigenvalue weighted by atomic mass is 79.9. The van der Waals surface area contributed by atoms with Crippen molar-refractivity contribution in [2.75, 3.05) is 7.05 Å². The molecule has 0 aliphatic carbocycles. The molecule has 2 aliphatic rings. The third kappa shape index (κ3) is 2.67. The van der Waals surface area contributed by atoms with Crippen molar-refractivity contribution >= 4 is 21.9 Å². The smallest absolute Gasteiger partial charge is 0.340 e. The van der Waals surface area contributed by atoms with Crippen LogP contribution in [0.5, 0.6) is 0 Å². The molecule has 3 rings (SSSR count). The molecule has 2 saturated heterocycles. The van der Waals surface area contributed by atoms with Gasteiger partial charge >= 0.3 is 5.97 Å². The van der Waals surface area contributed by atoms with Gasteiger partial charge < -0.3 is 9.64 Å². The molecule has 0 aromatic carbocycles. The molecule has 1 aromatic rings. The van der Waals surface area contributed by atoms with E-state index >= 15 is 0 Å². The summed E-state index contributed by atoms with van der Waals surface area (Å²) in [4.78, 5) is 18.5. The summed E-state index contributed by atoms with van der Waals surface area (Å²) in [5.74, 6) is -0.261. The number of esters is 1. The number of nitrogens with zero attached hydrogens (tertiary/aromatic N) is 2. The Kier molecular flexibility index (Phi) is 3.58. The number of ether oxygens (including phenoxy) is 1. The van der Waals surface area contributed by atoms with E-state index in [9.17, 15) is 4.79 Å². The number of hydrogen-bond acceptors (Lipinski definition) is 4. The highest BCUT2D eigenvalue weighted by molar-refractivity contribution is 9.10. The molecule has 2 fully saturated rings. The number of fused-ring (bicyclic) bond motifs is 2. The average molecular weight is 325 g/mol. The highest BCUT2D eigenvalue weighted by Crippen LogP contribution is 2.35. The van der Waals surface area contributed by atoms with Crippen molar-refractivity contribution in [1.82, 2.24) is 9.88 Å². The van der Waals surface area contributed by atoms with E-state index in [2.05, 4.69) is 32.9 Å². The predicted molar refractivity (Wildman–Crippen MR) is 74.9 cm³/mol. The molecule has 0 saturated carbocycles. The van der Waals surface area contributed by atoms with Gasteiger partial charge in [-0.3, -0.25) is 4.98 Å². The zero-order valence-electron chi connectivity index (χ0n) is 10.9. The van der Waals surface area contributed by atoms with Crippen LogP contribution in [-0.2, 0) is 4.74 Å². The van der Waals surface area contributed by atoms with E-state index in [0.717, 1.165) is 17.3 Å². The molecule has 5 heteroatoms. The van der Waals surface area contributed by atoms with Crippen LogP contribution in [0.3, 0.4) is 0 Å². The van der Waals surface area contributed by atoms with Crippen LogP contribution in [0.25, 0.3) is 0 Å². The first kappa shape index (κ1) is 13.1. The van der Waals surface area contributed by atoms with E-state index in [0.29, 0.717) is 17.6 Å². The lowest BCUT2D eigenvalue weighted by atomic mass is 10.0. The topological polar surface area (TPSA) is 42.4 Å². The Bertz CT molecular complexity index is 480. The Morgan fingerprint density at radius 1 is 1.37 bits per heavy atom. The van der Waals surface area contributed by atoms with E-state index in [1.165, 1.54) is 12.8 Å². The Labute approximate surface area is 121 Å². The van der Waals surface area contributed by atoms with Crippen molar-refractivity contribution in [3.05, 3.63) is 28.5 Å². The maximum Gasteiger partial charge on any atom is 0.340 e. The minimum atomic E-state index is -0.261. The first-order valence-electron chi connectivity index (χ1n) is 6.67. The lowest BCUT2D eigenvalue weighted by molar-refractivity contribution is -0.000491. The average Bonchev–Trinajstić information content (AvgIpc) is 2.62. The summed E-state index contributed by atoms with van der Waals surface area (Å²) in [5.41, 5.74) is 0.514. The van der Waals surface area contributed by atoms with Crippen molar-refractivity contribution in [2.45, 2.75) is 43.9 Å². The summed E-state index contributed by atoms with van der Waals surface area (Å²) in [6.07, 6.45) is 7.64. The van der Waals surface area contributed by atoms with Gasteiger partial charge in [-0.05, 0) is 41.9 Å². The Hall–Kier alpha value is -0.940. The van der Waals surface area contributed by atoms with Gasteiger partial charge in [-0.15, -0.1) is 0 Å². The molecule has 3 heterocycles. The van der Waals surface area contributed by atoms with Crippen LogP contribution in [-0.4, -0.2) is 41.1 Å². The zero-order valence-corrected chi connectivity index (χ0v) is 12.5. The van der Waals surface area contributed by atoms with E-state index in [-0.39, 0.29) is 12.1 Å². The normalized spacial score (nSPS) is 30.3. The van der Waals surface area contributed by atoms with Gasteiger partial charge in [-0.2, -0.15) is 0 Å². The van der Waals surface area contributed by atoms with Crippen LogP contribution < -0.4 is 0 Å². The van der Waals surface area contributed by atoms with Gasteiger partial charge in [0.1, 0.15) is 6.10 Å². The Morgan fingerprint density at radius 2 is 2.05 bits per heavy atom. The minimum Gasteiger partial charge on any atom is -0.459 e. The molecule has 102 valence electrons. The van der Waals surface area contributed by atoms with E-state index in [1.54, 1.807) is 18.5 Å². The molecule has 1 aromatic heterocycles. The summed E-state index contributed by atoms with van der Waals surface area (Å²) in [6, 6.07) is 2.91. The maximum atomic E-state index is 12.1. The van der Waals surface area contributed by atoms with E-state index < -0.39 is 0 Å². The van der Waals surface area contributed by atoms with Crippen LogP contribution in [0.1, 0.15) is 36.0 Å². The first-order chi connectivity index (χ1) is 9.13. The number of aromatic nitrogens is 1. The second-order valence-electron chi connectivity index (χ2n) is 5.44. The second-order valence-corrected chi connectivity index (χ2v) is 6.36. The number of hydrogen-bond donors (Lipinski definition) is 0. The third-order valence-electron chi connectivity index (χ3n) is 4.27. The largest absolute Gasteiger partial charge is 0.459 e. The van der Waals surface area contributed by atoms with Crippen molar-refractivity contribution in [3.63, 3.8) is 0 Å². The quantitative estimate of drug-likeness (QED) is 0.784. The van der Waals surface area contributed by atoms with Crippen molar-refractivity contribution in [1.29, 1.82) is 0 Å². The standard InChI is InChI=1S/C14H17BrN2O2/c1-17-11-2-3-12(17)6-13(5-11)19-14(18)9-4-10(15)8-16-7-9/h4,7-8,11-13H,2-3,5-6H2,1H3/t11-,12+,13?. The minimum absolute atomic E-state index is 0.0557. The fourth-order valence-electron chi connectivity index (χ4n) is 3.20.